The van der Waals surface area contributed by atoms with Crippen molar-refractivity contribution in [3.05, 3.63) is 69.3 Å². The maximum atomic E-state index is 14.5. The number of halogens is 1. The summed E-state index contributed by atoms with van der Waals surface area (Å²) in [6, 6.07) is 5.42. The second-order valence-electron chi connectivity index (χ2n) is 8.65. The molecule has 0 unspecified atom stereocenters. The average molecular weight is 482 g/mol. The van der Waals surface area contributed by atoms with Crippen molar-refractivity contribution >= 4 is 29.4 Å². The normalized spacial score (nSPS) is 11.8. The SMILES string of the molecule is CN/C=C(\C=N)Nc1ncc(F)c(-c2ccc(CNC(=O)c3cnc(C(C)(C)C)s3)c(C)c2)n1. The summed E-state index contributed by atoms with van der Waals surface area (Å²) in [7, 11) is 1.70. The fourth-order valence-corrected chi connectivity index (χ4v) is 3.95. The molecule has 0 saturated carbocycles. The minimum absolute atomic E-state index is 0.106. The van der Waals surface area contributed by atoms with Gasteiger partial charge in [0.25, 0.3) is 5.91 Å². The van der Waals surface area contributed by atoms with E-state index in [2.05, 4.69) is 51.7 Å². The Bertz CT molecular complexity index is 1230. The van der Waals surface area contributed by atoms with Gasteiger partial charge in [0.1, 0.15) is 10.6 Å². The minimum Gasteiger partial charge on any atom is -0.392 e. The number of nitrogens with zero attached hydrogens (tertiary/aromatic N) is 3. The van der Waals surface area contributed by atoms with Crippen LogP contribution >= 0.6 is 11.3 Å². The second-order valence-corrected chi connectivity index (χ2v) is 9.68. The molecule has 2 heterocycles. The first-order valence-corrected chi connectivity index (χ1v) is 11.5. The van der Waals surface area contributed by atoms with E-state index in [1.807, 2.05) is 19.1 Å². The number of aromatic nitrogens is 3. The van der Waals surface area contributed by atoms with Gasteiger partial charge in [0, 0.05) is 37.0 Å². The van der Waals surface area contributed by atoms with Gasteiger partial charge in [-0.25, -0.2) is 19.3 Å². The lowest BCUT2D eigenvalue weighted by Gasteiger charge is -2.13. The number of hydrogen-bond donors (Lipinski definition) is 4. The predicted molar refractivity (Wildman–Crippen MR) is 134 cm³/mol. The zero-order chi connectivity index (χ0) is 24.9. The van der Waals surface area contributed by atoms with Crippen LogP contribution in [0.25, 0.3) is 11.3 Å². The maximum absolute atomic E-state index is 14.5. The molecule has 2 aromatic heterocycles. The number of rotatable bonds is 8. The predicted octanol–water partition coefficient (Wildman–Crippen LogP) is 4.40. The van der Waals surface area contributed by atoms with Crippen LogP contribution < -0.4 is 16.0 Å². The lowest BCUT2D eigenvalue weighted by molar-refractivity contribution is 0.0954. The Balaban J connectivity index is 1.74. The molecule has 178 valence electrons. The number of carbonyl (C=O) groups is 1. The molecule has 0 radical (unpaired) electrons. The zero-order valence-corrected chi connectivity index (χ0v) is 20.6. The van der Waals surface area contributed by atoms with Crippen LogP contribution in [0.3, 0.4) is 0 Å². The van der Waals surface area contributed by atoms with Crippen LogP contribution in [0, 0.1) is 18.2 Å². The third kappa shape index (κ3) is 6.02. The van der Waals surface area contributed by atoms with Crippen LogP contribution in [0.2, 0.25) is 0 Å². The first kappa shape index (κ1) is 25.0. The number of hydrogen-bond acceptors (Lipinski definition) is 8. The topological polar surface area (TPSA) is 116 Å². The van der Waals surface area contributed by atoms with E-state index in [-0.39, 0.29) is 23.0 Å². The van der Waals surface area contributed by atoms with E-state index in [0.717, 1.165) is 28.5 Å². The van der Waals surface area contributed by atoms with Crippen LogP contribution in [0.4, 0.5) is 10.3 Å². The van der Waals surface area contributed by atoms with E-state index in [1.165, 1.54) is 11.3 Å². The van der Waals surface area contributed by atoms with Crippen molar-refractivity contribution in [3.8, 4) is 11.3 Å². The smallest absolute Gasteiger partial charge is 0.263 e. The van der Waals surface area contributed by atoms with Crippen molar-refractivity contribution in [3.63, 3.8) is 0 Å². The molecule has 4 N–H and O–H groups in total. The molecule has 8 nitrogen and oxygen atoms in total. The van der Waals surface area contributed by atoms with E-state index >= 15 is 0 Å². The molecule has 0 aliphatic heterocycles. The summed E-state index contributed by atoms with van der Waals surface area (Å²) in [5.74, 6) is -0.555. The number of amides is 1. The first-order chi connectivity index (χ1) is 16.1. The Hall–Kier alpha value is -3.66. The van der Waals surface area contributed by atoms with Crippen LogP contribution in [0.15, 0.2) is 42.5 Å². The van der Waals surface area contributed by atoms with Crippen molar-refractivity contribution in [2.75, 3.05) is 12.4 Å². The Kier molecular flexibility index (Phi) is 7.72. The standard InChI is InChI=1S/C24H28FN7OS/c1-14-8-15(20-18(25)12-30-23(32-20)31-17(9-26)11-27-5)6-7-16(14)10-28-21(33)19-13-29-22(34-19)24(2,3)4/h6-9,11-13,26-27H,10H2,1-5H3,(H,28,33)(H,30,31,32)/b17-11+,26-9?. The number of anilines is 1. The Morgan fingerprint density at radius 1 is 1.24 bits per heavy atom. The third-order valence-corrected chi connectivity index (χ3v) is 6.30. The van der Waals surface area contributed by atoms with Gasteiger partial charge < -0.3 is 21.4 Å². The van der Waals surface area contributed by atoms with E-state index in [1.54, 1.807) is 25.5 Å². The molecule has 1 amide bonds. The summed E-state index contributed by atoms with van der Waals surface area (Å²) >= 11 is 1.39. The zero-order valence-electron chi connectivity index (χ0n) is 19.8. The van der Waals surface area contributed by atoms with Gasteiger partial charge in [-0.15, -0.1) is 11.3 Å². The highest BCUT2D eigenvalue weighted by Crippen LogP contribution is 2.27. The molecule has 0 fully saturated rings. The molecule has 0 spiro atoms. The molecule has 1 aromatic carbocycles. The molecule has 10 heteroatoms. The van der Waals surface area contributed by atoms with E-state index in [9.17, 15) is 9.18 Å². The number of allylic oxidation sites excluding steroid dienone is 1. The van der Waals surface area contributed by atoms with E-state index < -0.39 is 5.82 Å². The molecular formula is C24H28FN7OS. The number of thiazole rings is 1. The molecular weight excluding hydrogens is 453 g/mol. The molecule has 0 atom stereocenters. The minimum atomic E-state index is -0.556. The highest BCUT2D eigenvalue weighted by Gasteiger charge is 2.20. The summed E-state index contributed by atoms with van der Waals surface area (Å²) in [5, 5.41) is 16.9. The number of nitrogens with one attached hydrogen (secondary N) is 4. The van der Waals surface area contributed by atoms with Crippen LogP contribution in [-0.2, 0) is 12.0 Å². The van der Waals surface area contributed by atoms with Gasteiger partial charge in [0.15, 0.2) is 5.82 Å². The van der Waals surface area contributed by atoms with Gasteiger partial charge in [-0.2, -0.15) is 0 Å². The van der Waals surface area contributed by atoms with Crippen molar-refractivity contribution in [1.82, 2.24) is 25.6 Å². The number of benzene rings is 1. The highest BCUT2D eigenvalue weighted by atomic mass is 32.1. The van der Waals surface area contributed by atoms with Gasteiger partial charge in [0.05, 0.1) is 23.1 Å². The van der Waals surface area contributed by atoms with Gasteiger partial charge in [-0.1, -0.05) is 32.9 Å². The first-order valence-electron chi connectivity index (χ1n) is 10.6. The van der Waals surface area contributed by atoms with Crippen molar-refractivity contribution in [1.29, 1.82) is 5.41 Å². The highest BCUT2D eigenvalue weighted by molar-refractivity contribution is 7.13. The molecule has 0 aliphatic rings. The summed E-state index contributed by atoms with van der Waals surface area (Å²) < 4.78 is 14.5. The maximum Gasteiger partial charge on any atom is 0.263 e. The fourth-order valence-electron chi connectivity index (χ4n) is 3.06. The Morgan fingerprint density at radius 3 is 2.62 bits per heavy atom. The molecule has 0 bridgehead atoms. The summed E-state index contributed by atoms with van der Waals surface area (Å²) in [5.41, 5.74) is 2.85. The Morgan fingerprint density at radius 2 is 2.00 bits per heavy atom. The van der Waals surface area contributed by atoms with Crippen molar-refractivity contribution < 1.29 is 9.18 Å². The van der Waals surface area contributed by atoms with Crippen LogP contribution in [-0.4, -0.2) is 34.1 Å². The van der Waals surface area contributed by atoms with Gasteiger partial charge in [-0.05, 0) is 24.1 Å². The summed E-state index contributed by atoms with van der Waals surface area (Å²) in [4.78, 5) is 25.7. The Labute approximate surface area is 202 Å². The molecule has 34 heavy (non-hydrogen) atoms. The van der Waals surface area contributed by atoms with Gasteiger partial charge >= 0.3 is 0 Å². The molecule has 0 saturated heterocycles. The summed E-state index contributed by atoms with van der Waals surface area (Å²) in [6.07, 6.45) is 5.38. The number of aryl methyl sites for hydroxylation is 1. The van der Waals surface area contributed by atoms with E-state index in [4.69, 9.17) is 5.41 Å². The quantitative estimate of drug-likeness (QED) is 0.355. The lowest BCUT2D eigenvalue weighted by atomic mass is 9.98. The second kappa shape index (κ2) is 10.5. The lowest BCUT2D eigenvalue weighted by Crippen LogP contribution is -2.22. The van der Waals surface area contributed by atoms with Crippen molar-refractivity contribution in [2.45, 2.75) is 39.7 Å². The molecule has 3 aromatic rings. The van der Waals surface area contributed by atoms with Crippen LogP contribution in [0.1, 0.15) is 46.6 Å². The monoisotopic (exact) mass is 481 g/mol. The van der Waals surface area contributed by atoms with Crippen LogP contribution in [0.5, 0.6) is 0 Å². The third-order valence-electron chi connectivity index (χ3n) is 4.88. The fraction of sp³-hybridized carbons (Fsp3) is 0.292. The number of carbonyl (C=O) groups excluding carboxylic acids is 1. The van der Waals surface area contributed by atoms with E-state index in [0.29, 0.717) is 22.7 Å². The summed E-state index contributed by atoms with van der Waals surface area (Å²) in [6.45, 7) is 8.41. The largest absolute Gasteiger partial charge is 0.392 e. The molecule has 0 aliphatic carbocycles. The van der Waals surface area contributed by atoms with Crippen molar-refractivity contribution in [2.24, 2.45) is 0 Å². The molecule has 3 rings (SSSR count). The average Bonchev–Trinajstić information content (AvgIpc) is 3.30. The van der Waals surface area contributed by atoms with Gasteiger partial charge in [-0.3, -0.25) is 4.79 Å². The van der Waals surface area contributed by atoms with Gasteiger partial charge in [0.2, 0.25) is 5.95 Å².